The van der Waals surface area contributed by atoms with Gasteiger partial charge >= 0.3 is 0 Å². The van der Waals surface area contributed by atoms with E-state index < -0.39 is 5.25 Å². The van der Waals surface area contributed by atoms with Crippen LogP contribution in [0.15, 0.2) is 76.8 Å². The third-order valence-electron chi connectivity index (χ3n) is 5.49. The Morgan fingerprint density at radius 3 is 2.44 bits per heavy atom. The van der Waals surface area contributed by atoms with Crippen LogP contribution in [0.25, 0.3) is 11.0 Å². The summed E-state index contributed by atoms with van der Waals surface area (Å²) in [5.41, 5.74) is 2.74. The van der Waals surface area contributed by atoms with E-state index >= 15 is 0 Å². The zero-order valence-electron chi connectivity index (χ0n) is 19.0. The number of rotatable bonds is 8. The van der Waals surface area contributed by atoms with Crippen LogP contribution in [-0.2, 0) is 17.8 Å². The van der Waals surface area contributed by atoms with Crippen molar-refractivity contribution in [3.8, 4) is 0 Å². The third-order valence-corrected chi connectivity index (χ3v) is 6.84. The van der Waals surface area contributed by atoms with E-state index in [0.29, 0.717) is 22.6 Å². The van der Waals surface area contributed by atoms with Gasteiger partial charge in [0.15, 0.2) is 10.8 Å². The molecule has 34 heavy (non-hydrogen) atoms. The SMILES string of the molecule is CCc1ccc(NC(=O)C(CC)Sc2nc3ncccc3c(=O)n2Cc2ccc(F)cc2)cc1. The van der Waals surface area contributed by atoms with E-state index in [2.05, 4.69) is 22.2 Å². The first kappa shape index (κ1) is 23.6. The number of fused-ring (bicyclic) bond motifs is 1. The number of thioether (sulfide) groups is 1. The number of hydrogen-bond acceptors (Lipinski definition) is 5. The van der Waals surface area contributed by atoms with E-state index in [1.165, 1.54) is 34.0 Å². The van der Waals surface area contributed by atoms with Crippen molar-refractivity contribution in [3.05, 3.63) is 94.2 Å². The molecule has 4 aromatic rings. The molecule has 1 amide bonds. The molecule has 0 bridgehead atoms. The van der Waals surface area contributed by atoms with Crippen LogP contribution in [0.3, 0.4) is 0 Å². The number of nitrogens with zero attached hydrogens (tertiary/aromatic N) is 3. The van der Waals surface area contributed by atoms with Crippen molar-refractivity contribution in [1.29, 1.82) is 0 Å². The Bertz CT molecular complexity index is 1350. The lowest BCUT2D eigenvalue weighted by Crippen LogP contribution is -2.28. The van der Waals surface area contributed by atoms with Gasteiger partial charge in [-0.1, -0.05) is 49.9 Å². The van der Waals surface area contributed by atoms with Crippen molar-refractivity contribution < 1.29 is 9.18 Å². The topological polar surface area (TPSA) is 76.9 Å². The van der Waals surface area contributed by atoms with Gasteiger partial charge in [-0.3, -0.25) is 14.2 Å². The average molecular weight is 477 g/mol. The second-order valence-electron chi connectivity index (χ2n) is 7.84. The molecule has 0 saturated heterocycles. The molecule has 2 aromatic carbocycles. The van der Waals surface area contributed by atoms with Crippen LogP contribution in [-0.4, -0.2) is 25.7 Å². The smallest absolute Gasteiger partial charge is 0.263 e. The Kier molecular flexibility index (Phi) is 7.37. The maximum absolute atomic E-state index is 13.4. The molecular weight excluding hydrogens is 451 g/mol. The molecule has 1 atom stereocenters. The van der Waals surface area contributed by atoms with Crippen molar-refractivity contribution in [2.24, 2.45) is 0 Å². The van der Waals surface area contributed by atoms with Gasteiger partial charge in [-0.25, -0.2) is 14.4 Å². The zero-order valence-corrected chi connectivity index (χ0v) is 19.8. The number of halogens is 1. The van der Waals surface area contributed by atoms with E-state index in [0.717, 1.165) is 17.7 Å². The molecule has 6 nitrogen and oxygen atoms in total. The van der Waals surface area contributed by atoms with Crippen molar-refractivity contribution >= 4 is 34.4 Å². The van der Waals surface area contributed by atoms with E-state index in [9.17, 15) is 14.0 Å². The molecule has 0 aliphatic carbocycles. The highest BCUT2D eigenvalue weighted by Gasteiger charge is 2.22. The quantitative estimate of drug-likeness (QED) is 0.284. The molecule has 174 valence electrons. The standard InChI is InChI=1S/C26H25FN4O2S/c1-3-17-9-13-20(14-10-17)29-24(32)22(4-2)34-26-30-23-21(6-5-15-28-23)25(33)31(26)16-18-7-11-19(27)12-8-18/h5-15,22H,3-4,16H2,1-2H3,(H,29,32). The summed E-state index contributed by atoms with van der Waals surface area (Å²) in [7, 11) is 0. The molecule has 1 unspecified atom stereocenters. The van der Waals surface area contributed by atoms with Crippen LogP contribution >= 0.6 is 11.8 Å². The molecule has 1 N–H and O–H groups in total. The lowest BCUT2D eigenvalue weighted by Gasteiger charge is -2.18. The molecule has 2 aromatic heterocycles. The van der Waals surface area contributed by atoms with Crippen LogP contribution in [0.5, 0.6) is 0 Å². The Hall–Kier alpha value is -3.52. The first-order valence-corrected chi connectivity index (χ1v) is 12.0. The van der Waals surface area contributed by atoms with Crippen LogP contribution in [0.2, 0.25) is 0 Å². The molecule has 0 saturated carbocycles. The number of carbonyl (C=O) groups is 1. The molecular formula is C26H25FN4O2S. The second kappa shape index (κ2) is 10.6. The zero-order chi connectivity index (χ0) is 24.1. The summed E-state index contributed by atoms with van der Waals surface area (Å²) in [6.07, 6.45) is 3.04. The molecule has 2 heterocycles. The lowest BCUT2D eigenvalue weighted by atomic mass is 10.1. The molecule has 0 fully saturated rings. The largest absolute Gasteiger partial charge is 0.325 e. The Morgan fingerprint density at radius 1 is 1.06 bits per heavy atom. The first-order chi connectivity index (χ1) is 16.5. The molecule has 0 aliphatic heterocycles. The fraction of sp³-hybridized carbons (Fsp3) is 0.231. The summed E-state index contributed by atoms with van der Waals surface area (Å²) >= 11 is 1.23. The van der Waals surface area contributed by atoms with Crippen molar-refractivity contribution in [2.75, 3.05) is 5.32 Å². The van der Waals surface area contributed by atoms with Gasteiger partial charge in [0.05, 0.1) is 17.2 Å². The fourth-order valence-electron chi connectivity index (χ4n) is 3.53. The second-order valence-corrected chi connectivity index (χ2v) is 9.01. The number of aryl methyl sites for hydroxylation is 1. The highest BCUT2D eigenvalue weighted by molar-refractivity contribution is 8.00. The number of aromatic nitrogens is 3. The predicted octanol–water partition coefficient (Wildman–Crippen LogP) is 5.05. The Morgan fingerprint density at radius 2 is 1.76 bits per heavy atom. The lowest BCUT2D eigenvalue weighted by molar-refractivity contribution is -0.115. The van der Waals surface area contributed by atoms with Gasteiger partial charge in [-0.05, 0) is 60.4 Å². The first-order valence-electron chi connectivity index (χ1n) is 11.1. The number of amides is 1. The van der Waals surface area contributed by atoms with Crippen LogP contribution < -0.4 is 10.9 Å². The van der Waals surface area contributed by atoms with Gasteiger partial charge in [0, 0.05) is 11.9 Å². The summed E-state index contributed by atoms with van der Waals surface area (Å²) in [4.78, 5) is 35.2. The Balaban J connectivity index is 1.65. The van der Waals surface area contributed by atoms with Crippen LogP contribution in [0.4, 0.5) is 10.1 Å². The van der Waals surface area contributed by atoms with Crippen LogP contribution in [0.1, 0.15) is 31.4 Å². The van der Waals surface area contributed by atoms with Crippen molar-refractivity contribution in [2.45, 2.75) is 43.6 Å². The fourth-order valence-corrected chi connectivity index (χ4v) is 4.54. The van der Waals surface area contributed by atoms with Gasteiger partial charge < -0.3 is 5.32 Å². The number of benzene rings is 2. The average Bonchev–Trinajstić information content (AvgIpc) is 2.86. The summed E-state index contributed by atoms with van der Waals surface area (Å²) in [5.74, 6) is -0.512. The van der Waals surface area contributed by atoms with Gasteiger partial charge in [-0.15, -0.1) is 0 Å². The van der Waals surface area contributed by atoms with Crippen LogP contribution in [0, 0.1) is 5.82 Å². The van der Waals surface area contributed by atoms with E-state index in [1.807, 2.05) is 31.2 Å². The predicted molar refractivity (Wildman–Crippen MR) is 134 cm³/mol. The summed E-state index contributed by atoms with van der Waals surface area (Å²) in [6.45, 7) is 4.20. The highest BCUT2D eigenvalue weighted by atomic mass is 32.2. The molecule has 4 rings (SSSR count). The number of hydrogen-bond donors (Lipinski definition) is 1. The van der Waals surface area contributed by atoms with Gasteiger partial charge in [0.1, 0.15) is 5.82 Å². The van der Waals surface area contributed by atoms with Gasteiger partial charge in [0.25, 0.3) is 5.56 Å². The number of pyridine rings is 1. The molecule has 0 aliphatic rings. The number of nitrogens with one attached hydrogen (secondary N) is 1. The minimum Gasteiger partial charge on any atom is -0.325 e. The van der Waals surface area contributed by atoms with E-state index in [4.69, 9.17) is 0 Å². The van der Waals surface area contributed by atoms with Gasteiger partial charge in [0.2, 0.25) is 5.91 Å². The molecule has 0 radical (unpaired) electrons. The molecule has 8 heteroatoms. The maximum atomic E-state index is 13.4. The van der Waals surface area contributed by atoms with Crippen molar-refractivity contribution in [1.82, 2.24) is 14.5 Å². The minimum absolute atomic E-state index is 0.166. The maximum Gasteiger partial charge on any atom is 0.263 e. The summed E-state index contributed by atoms with van der Waals surface area (Å²) < 4.78 is 14.9. The monoisotopic (exact) mass is 476 g/mol. The number of carbonyl (C=O) groups excluding carboxylic acids is 1. The highest BCUT2D eigenvalue weighted by Crippen LogP contribution is 2.26. The minimum atomic E-state index is -0.474. The van der Waals surface area contributed by atoms with E-state index in [-0.39, 0.29) is 23.8 Å². The molecule has 0 spiro atoms. The summed E-state index contributed by atoms with van der Waals surface area (Å²) in [6, 6.07) is 17.1. The Labute approximate surface area is 201 Å². The summed E-state index contributed by atoms with van der Waals surface area (Å²) in [5, 5.41) is 3.27. The number of anilines is 1. The van der Waals surface area contributed by atoms with Crippen molar-refractivity contribution in [3.63, 3.8) is 0 Å². The van der Waals surface area contributed by atoms with E-state index in [1.54, 1.807) is 30.5 Å². The van der Waals surface area contributed by atoms with Gasteiger partial charge in [-0.2, -0.15) is 0 Å². The normalized spacial score (nSPS) is 12.0. The third kappa shape index (κ3) is 5.34.